The van der Waals surface area contributed by atoms with Gasteiger partial charge in [-0.3, -0.25) is 0 Å². The van der Waals surface area contributed by atoms with Gasteiger partial charge in [0.05, 0.1) is 0 Å². The van der Waals surface area contributed by atoms with Crippen molar-refractivity contribution in [2.45, 2.75) is 38.7 Å². The highest BCUT2D eigenvalue weighted by molar-refractivity contribution is 6.92. The Morgan fingerprint density at radius 1 is 1.27 bits per heavy atom. The van der Waals surface area contributed by atoms with E-state index >= 15 is 0 Å². The fraction of sp³-hybridized carbons (Fsp3) is 0.857. The topological polar surface area (TPSA) is 57.5 Å². The largest absolute Gasteiger partial charge is 0.479 e. The van der Waals surface area contributed by atoms with Crippen LogP contribution in [0.3, 0.4) is 0 Å². The second-order valence-corrected chi connectivity index (χ2v) is 2.43. The third-order valence-corrected chi connectivity index (χ3v) is 1.36. The van der Waals surface area contributed by atoms with Crippen molar-refractivity contribution in [3.8, 4) is 0 Å². The van der Waals surface area contributed by atoms with Gasteiger partial charge in [0.25, 0.3) is 0 Å². The van der Waals surface area contributed by atoms with Crippen molar-refractivity contribution in [1.29, 1.82) is 0 Å². The minimum absolute atomic E-state index is 0. The summed E-state index contributed by atoms with van der Waals surface area (Å²) in [7, 11) is 0. The van der Waals surface area contributed by atoms with Crippen LogP contribution in [-0.2, 0) is 4.79 Å². The lowest BCUT2D eigenvalue weighted by atomic mass is 10.0. The van der Waals surface area contributed by atoms with Crippen LogP contribution < -0.4 is 0 Å². The van der Waals surface area contributed by atoms with Gasteiger partial charge in [-0.05, 0) is 6.92 Å². The van der Waals surface area contributed by atoms with Crippen LogP contribution in [0.5, 0.6) is 0 Å². The van der Waals surface area contributed by atoms with Gasteiger partial charge in [-0.1, -0.05) is 25.7 Å². The molecule has 1 saturated carbocycles. The molecule has 11 heavy (non-hydrogen) atoms. The van der Waals surface area contributed by atoms with Crippen molar-refractivity contribution >= 4 is 15.9 Å². The molecule has 2 unspecified atom stereocenters. The number of rotatable bonds is 1. The highest BCUT2D eigenvalue weighted by Gasteiger charge is 2.01. The second kappa shape index (κ2) is 7.96. The number of hydrogen-bond donors (Lipinski definition) is 2. The predicted octanol–water partition coefficient (Wildman–Crippen LogP) is 1.07. The second-order valence-electron chi connectivity index (χ2n) is 2.43. The summed E-state index contributed by atoms with van der Waals surface area (Å²) in [6.45, 7) is 1.20. The SMILES string of the molecule is C1CCC1.CC(O)C(=O)O.P. The molecule has 0 amide bonds. The van der Waals surface area contributed by atoms with Gasteiger partial charge in [-0.2, -0.15) is 9.90 Å². The lowest BCUT2D eigenvalue weighted by Gasteiger charge is -2.05. The summed E-state index contributed by atoms with van der Waals surface area (Å²) < 4.78 is 0. The van der Waals surface area contributed by atoms with E-state index in [1.165, 1.54) is 32.6 Å². The Kier molecular flexibility index (Phi) is 9.73. The Morgan fingerprint density at radius 2 is 1.45 bits per heavy atom. The van der Waals surface area contributed by atoms with E-state index < -0.39 is 12.1 Å². The number of carboxylic acid groups (broad SMARTS) is 1. The van der Waals surface area contributed by atoms with E-state index in [9.17, 15) is 4.79 Å². The molecule has 0 bridgehead atoms. The predicted molar refractivity (Wildman–Crippen MR) is 48.9 cm³/mol. The van der Waals surface area contributed by atoms with Crippen LogP contribution >= 0.6 is 9.90 Å². The molecule has 0 spiro atoms. The first kappa shape index (κ1) is 13.4. The van der Waals surface area contributed by atoms with Crippen molar-refractivity contribution < 1.29 is 15.0 Å². The molecule has 2 N–H and O–H groups in total. The summed E-state index contributed by atoms with van der Waals surface area (Å²) in [5.41, 5.74) is 0. The molecule has 0 aromatic carbocycles. The zero-order valence-electron chi connectivity index (χ0n) is 6.92. The Balaban J connectivity index is 0. The van der Waals surface area contributed by atoms with Gasteiger partial charge in [0.15, 0.2) is 0 Å². The first-order chi connectivity index (χ1) is 4.64. The molecular formula is C7H17O3P. The fourth-order valence-corrected chi connectivity index (χ4v) is 0.250. The van der Waals surface area contributed by atoms with Crippen LogP contribution in [0.4, 0.5) is 0 Å². The van der Waals surface area contributed by atoms with Crippen molar-refractivity contribution in [2.24, 2.45) is 0 Å². The van der Waals surface area contributed by atoms with Crippen LogP contribution in [0.15, 0.2) is 0 Å². The van der Waals surface area contributed by atoms with E-state index in [1.54, 1.807) is 0 Å². The van der Waals surface area contributed by atoms with Gasteiger partial charge in [0.1, 0.15) is 6.10 Å². The molecule has 1 fully saturated rings. The standard InChI is InChI=1S/C4H8.C3H6O3.H3P/c1-2-4-3-1;1-2(4)3(5)6;/h1-4H2;2,4H,1H3,(H,5,6);1H3. The first-order valence-electron chi connectivity index (χ1n) is 3.55. The zero-order valence-corrected chi connectivity index (χ0v) is 8.33. The van der Waals surface area contributed by atoms with Crippen LogP contribution in [0.2, 0.25) is 0 Å². The molecule has 1 aliphatic carbocycles. The average Bonchev–Trinajstić information content (AvgIpc) is 1.59. The molecule has 4 heteroatoms. The third kappa shape index (κ3) is 9.86. The molecule has 0 heterocycles. The molecule has 2 atom stereocenters. The summed E-state index contributed by atoms with van der Waals surface area (Å²) in [4.78, 5) is 9.45. The van der Waals surface area contributed by atoms with Gasteiger partial charge in [-0.25, -0.2) is 4.79 Å². The minimum atomic E-state index is -1.23. The Bertz CT molecular complexity index is 95.9. The van der Waals surface area contributed by atoms with Gasteiger partial charge >= 0.3 is 5.97 Å². The molecule has 1 aliphatic rings. The molecule has 0 aliphatic heterocycles. The normalized spacial score (nSPS) is 16.2. The Morgan fingerprint density at radius 3 is 1.45 bits per heavy atom. The number of hydrogen-bond acceptors (Lipinski definition) is 2. The summed E-state index contributed by atoms with van der Waals surface area (Å²) in [6.07, 6.45) is 4.77. The molecule has 3 nitrogen and oxygen atoms in total. The van der Waals surface area contributed by atoms with Gasteiger partial charge in [-0.15, -0.1) is 0 Å². The lowest BCUT2D eigenvalue weighted by molar-refractivity contribution is -0.145. The summed E-state index contributed by atoms with van der Waals surface area (Å²) in [5, 5.41) is 15.8. The van der Waals surface area contributed by atoms with E-state index in [0.29, 0.717) is 0 Å². The molecule has 68 valence electrons. The maximum Gasteiger partial charge on any atom is 0.332 e. The maximum atomic E-state index is 9.45. The fourth-order valence-electron chi connectivity index (χ4n) is 0.250. The molecule has 0 aromatic rings. The molecule has 0 saturated heterocycles. The Hall–Kier alpha value is -0.140. The van der Waals surface area contributed by atoms with Gasteiger partial charge in [0.2, 0.25) is 0 Å². The average molecular weight is 180 g/mol. The monoisotopic (exact) mass is 180 g/mol. The molecular weight excluding hydrogens is 163 g/mol. The number of aliphatic hydroxyl groups is 1. The summed E-state index contributed by atoms with van der Waals surface area (Å²) >= 11 is 0. The lowest BCUT2D eigenvalue weighted by Crippen LogP contribution is -2.13. The number of aliphatic carboxylic acids is 1. The van der Waals surface area contributed by atoms with Gasteiger partial charge < -0.3 is 10.2 Å². The zero-order chi connectivity index (χ0) is 7.98. The summed E-state index contributed by atoms with van der Waals surface area (Å²) in [6, 6.07) is 0. The number of carbonyl (C=O) groups is 1. The van der Waals surface area contributed by atoms with E-state index in [2.05, 4.69) is 0 Å². The first-order valence-corrected chi connectivity index (χ1v) is 3.55. The smallest absolute Gasteiger partial charge is 0.332 e. The van der Waals surface area contributed by atoms with E-state index in [-0.39, 0.29) is 9.90 Å². The van der Waals surface area contributed by atoms with Crippen LogP contribution in [0, 0.1) is 0 Å². The highest BCUT2D eigenvalue weighted by atomic mass is 31.0. The molecule has 0 aromatic heterocycles. The van der Waals surface area contributed by atoms with Gasteiger partial charge in [0, 0.05) is 0 Å². The third-order valence-electron chi connectivity index (χ3n) is 1.36. The minimum Gasteiger partial charge on any atom is -0.479 e. The van der Waals surface area contributed by atoms with Crippen molar-refractivity contribution in [3.63, 3.8) is 0 Å². The van der Waals surface area contributed by atoms with Crippen molar-refractivity contribution in [2.75, 3.05) is 0 Å². The van der Waals surface area contributed by atoms with Crippen LogP contribution in [0.25, 0.3) is 0 Å². The van der Waals surface area contributed by atoms with E-state index in [1.807, 2.05) is 0 Å². The van der Waals surface area contributed by atoms with E-state index in [0.717, 1.165) is 0 Å². The quantitative estimate of drug-likeness (QED) is 0.593. The molecule has 1 rings (SSSR count). The van der Waals surface area contributed by atoms with E-state index in [4.69, 9.17) is 10.2 Å². The molecule has 0 radical (unpaired) electrons. The number of carboxylic acids is 1. The van der Waals surface area contributed by atoms with Crippen molar-refractivity contribution in [3.05, 3.63) is 0 Å². The Labute approximate surface area is 70.4 Å². The van der Waals surface area contributed by atoms with Crippen molar-refractivity contribution in [1.82, 2.24) is 0 Å². The number of aliphatic hydroxyl groups excluding tert-OH is 1. The highest BCUT2D eigenvalue weighted by Crippen LogP contribution is 2.15. The maximum absolute atomic E-state index is 9.45. The van der Waals surface area contributed by atoms with Crippen LogP contribution in [0.1, 0.15) is 32.6 Å². The summed E-state index contributed by atoms with van der Waals surface area (Å²) in [5.74, 6) is -1.19. The van der Waals surface area contributed by atoms with Crippen LogP contribution in [-0.4, -0.2) is 22.3 Å².